The molecule has 0 radical (unpaired) electrons. The highest BCUT2D eigenvalue weighted by molar-refractivity contribution is 6.19. The van der Waals surface area contributed by atoms with Crippen molar-refractivity contribution < 1.29 is 0 Å². The molecule has 1 heteroatoms. The predicted octanol–water partition coefficient (Wildman–Crippen LogP) is 2.73. The summed E-state index contributed by atoms with van der Waals surface area (Å²) in [7, 11) is 0. The molecule has 0 amide bonds. The number of alkyl halides is 1. The van der Waals surface area contributed by atoms with E-state index in [1.165, 1.54) is 31.3 Å². The lowest BCUT2D eigenvalue weighted by Gasteiger charge is -2.07. The van der Waals surface area contributed by atoms with Crippen molar-refractivity contribution in [3.8, 4) is 0 Å². The van der Waals surface area contributed by atoms with Gasteiger partial charge in [-0.1, -0.05) is 11.6 Å². The fourth-order valence-electron chi connectivity index (χ4n) is 1.03. The summed E-state index contributed by atoms with van der Waals surface area (Å²) in [6.45, 7) is 0. The summed E-state index contributed by atoms with van der Waals surface area (Å²) < 4.78 is 0. The molecule has 0 heterocycles. The number of allylic oxidation sites excluding steroid dienone is 2. The van der Waals surface area contributed by atoms with Crippen LogP contribution < -0.4 is 0 Å². The van der Waals surface area contributed by atoms with Crippen molar-refractivity contribution in [3.63, 3.8) is 0 Å². The lowest BCUT2D eigenvalue weighted by atomic mass is 10.0. The van der Waals surface area contributed by atoms with Crippen LogP contribution in [-0.2, 0) is 0 Å². The number of hydrogen-bond donors (Lipinski definition) is 0. The van der Waals surface area contributed by atoms with Gasteiger partial charge in [0.25, 0.3) is 0 Å². The Bertz CT molecular complexity index is 94.6. The Labute approximate surface area is 55.5 Å². The minimum Gasteiger partial charge on any atom is -0.122 e. The molecule has 0 spiro atoms. The van der Waals surface area contributed by atoms with Crippen LogP contribution in [0.5, 0.6) is 0 Å². The minimum atomic E-state index is 0.750. The molecule has 0 aromatic carbocycles. The van der Waals surface area contributed by atoms with Gasteiger partial charge in [0.1, 0.15) is 0 Å². The molecule has 0 saturated heterocycles. The van der Waals surface area contributed by atoms with Crippen molar-refractivity contribution in [1.82, 2.24) is 0 Å². The second-order valence-corrected chi connectivity index (χ2v) is 2.51. The van der Waals surface area contributed by atoms with Gasteiger partial charge in [-0.15, -0.1) is 11.6 Å². The molecular weight excluding hydrogens is 120 g/mol. The van der Waals surface area contributed by atoms with Crippen LogP contribution in [0.2, 0.25) is 0 Å². The molecule has 1 aliphatic carbocycles. The molecule has 0 fully saturated rings. The van der Waals surface area contributed by atoms with Crippen molar-refractivity contribution >= 4 is 11.6 Å². The maximum atomic E-state index is 5.61. The van der Waals surface area contributed by atoms with E-state index in [0.29, 0.717) is 0 Å². The fourth-order valence-corrected chi connectivity index (χ4v) is 1.27. The smallest absolute Gasteiger partial charge is 0.0433 e. The quantitative estimate of drug-likeness (QED) is 0.378. The lowest BCUT2D eigenvalue weighted by molar-refractivity contribution is 0.703. The molecule has 0 aliphatic heterocycles. The van der Waals surface area contributed by atoms with E-state index < -0.39 is 0 Å². The van der Waals surface area contributed by atoms with Crippen molar-refractivity contribution in [3.05, 3.63) is 11.6 Å². The van der Waals surface area contributed by atoms with E-state index in [0.717, 1.165) is 5.88 Å². The number of hydrogen-bond acceptors (Lipinski definition) is 0. The van der Waals surface area contributed by atoms with Gasteiger partial charge in [-0.05, 0) is 25.7 Å². The zero-order valence-electron chi connectivity index (χ0n) is 4.99. The monoisotopic (exact) mass is 130 g/mol. The predicted molar refractivity (Wildman–Crippen MR) is 37.3 cm³/mol. The van der Waals surface area contributed by atoms with Crippen molar-refractivity contribution in [2.45, 2.75) is 25.7 Å². The van der Waals surface area contributed by atoms with E-state index in [1.54, 1.807) is 0 Å². The van der Waals surface area contributed by atoms with Crippen molar-refractivity contribution in [1.29, 1.82) is 0 Å². The zero-order chi connectivity index (χ0) is 5.82. The Morgan fingerprint density at radius 3 is 2.75 bits per heavy atom. The molecule has 0 N–H and O–H groups in total. The Morgan fingerprint density at radius 2 is 2.38 bits per heavy atom. The summed E-state index contributed by atoms with van der Waals surface area (Å²) in [6.07, 6.45) is 7.47. The van der Waals surface area contributed by atoms with Crippen molar-refractivity contribution in [2.24, 2.45) is 0 Å². The van der Waals surface area contributed by atoms with Crippen LogP contribution in [0, 0.1) is 0 Å². The Morgan fingerprint density at radius 1 is 1.50 bits per heavy atom. The van der Waals surface area contributed by atoms with E-state index in [-0.39, 0.29) is 0 Å². The second kappa shape index (κ2) is 3.13. The average molecular weight is 131 g/mol. The Kier molecular flexibility index (Phi) is 2.41. The molecule has 0 unspecified atom stereocenters. The number of halogens is 1. The first kappa shape index (κ1) is 6.15. The molecule has 1 rings (SSSR count). The first-order chi connectivity index (χ1) is 3.93. The van der Waals surface area contributed by atoms with Gasteiger partial charge < -0.3 is 0 Å². The van der Waals surface area contributed by atoms with Gasteiger partial charge in [-0.25, -0.2) is 0 Å². The summed E-state index contributed by atoms with van der Waals surface area (Å²) in [5.41, 5.74) is 1.44. The summed E-state index contributed by atoms with van der Waals surface area (Å²) >= 11 is 5.61. The third kappa shape index (κ3) is 1.52. The van der Waals surface area contributed by atoms with Gasteiger partial charge in [0.15, 0.2) is 0 Å². The Balaban J connectivity index is 2.37. The molecule has 1 aliphatic rings. The maximum absolute atomic E-state index is 5.61. The summed E-state index contributed by atoms with van der Waals surface area (Å²) in [5, 5.41) is 0. The zero-order valence-corrected chi connectivity index (χ0v) is 5.75. The Hall–Kier alpha value is 0.0300. The van der Waals surface area contributed by atoms with Gasteiger partial charge in [-0.3, -0.25) is 0 Å². The van der Waals surface area contributed by atoms with Gasteiger partial charge in [0, 0.05) is 5.88 Å². The van der Waals surface area contributed by atoms with Crippen molar-refractivity contribution in [2.75, 3.05) is 5.88 Å². The molecule has 0 saturated carbocycles. The molecule has 0 aromatic heterocycles. The first-order valence-corrected chi connectivity index (χ1v) is 3.71. The minimum absolute atomic E-state index is 0.750. The highest BCUT2D eigenvalue weighted by Gasteiger charge is 1.99. The highest BCUT2D eigenvalue weighted by Crippen LogP contribution is 2.17. The van der Waals surface area contributed by atoms with Crippen LogP contribution >= 0.6 is 11.6 Å². The molecule has 0 aromatic rings. The largest absolute Gasteiger partial charge is 0.122 e. The van der Waals surface area contributed by atoms with Crippen LogP contribution in [0.25, 0.3) is 0 Å². The van der Waals surface area contributed by atoms with Crippen LogP contribution in [0.15, 0.2) is 11.6 Å². The van der Waals surface area contributed by atoms with E-state index in [2.05, 4.69) is 6.08 Å². The molecule has 0 atom stereocenters. The highest BCUT2D eigenvalue weighted by atomic mass is 35.5. The topological polar surface area (TPSA) is 0 Å². The van der Waals surface area contributed by atoms with Crippen LogP contribution in [0.4, 0.5) is 0 Å². The summed E-state index contributed by atoms with van der Waals surface area (Å²) in [5.74, 6) is 0.750. The van der Waals surface area contributed by atoms with Crippen LogP contribution in [-0.4, -0.2) is 5.88 Å². The molecule has 8 heavy (non-hydrogen) atoms. The van der Waals surface area contributed by atoms with Crippen LogP contribution in [0.1, 0.15) is 25.7 Å². The summed E-state index contributed by atoms with van der Waals surface area (Å²) in [4.78, 5) is 0. The molecule has 46 valence electrons. The normalized spacial score (nSPS) is 20.4. The third-order valence-corrected chi connectivity index (χ3v) is 1.90. The molecular formula is C7H11Cl. The maximum Gasteiger partial charge on any atom is 0.0433 e. The average Bonchev–Trinajstić information content (AvgIpc) is 1.90. The SMILES string of the molecule is ClCC1=CCCCC1. The molecule has 0 nitrogen and oxygen atoms in total. The number of rotatable bonds is 1. The standard InChI is InChI=1S/C7H11Cl/c8-6-7-4-2-1-3-5-7/h4H,1-3,5-6H2. The fraction of sp³-hybridized carbons (Fsp3) is 0.714. The van der Waals surface area contributed by atoms with E-state index >= 15 is 0 Å². The third-order valence-electron chi connectivity index (χ3n) is 1.56. The van der Waals surface area contributed by atoms with E-state index in [9.17, 15) is 0 Å². The second-order valence-electron chi connectivity index (χ2n) is 2.24. The van der Waals surface area contributed by atoms with Gasteiger partial charge in [-0.2, -0.15) is 0 Å². The van der Waals surface area contributed by atoms with Gasteiger partial charge >= 0.3 is 0 Å². The van der Waals surface area contributed by atoms with Gasteiger partial charge in [0.05, 0.1) is 0 Å². The summed E-state index contributed by atoms with van der Waals surface area (Å²) in [6, 6.07) is 0. The van der Waals surface area contributed by atoms with Crippen LogP contribution in [0.3, 0.4) is 0 Å². The first-order valence-electron chi connectivity index (χ1n) is 3.17. The lowest BCUT2D eigenvalue weighted by Crippen LogP contribution is -1.91. The van der Waals surface area contributed by atoms with E-state index in [4.69, 9.17) is 11.6 Å². The van der Waals surface area contributed by atoms with E-state index in [1.807, 2.05) is 0 Å². The van der Waals surface area contributed by atoms with Gasteiger partial charge in [0.2, 0.25) is 0 Å². The molecule has 0 bridgehead atoms.